The summed E-state index contributed by atoms with van der Waals surface area (Å²) in [5, 5.41) is 31.5. The fraction of sp³-hybridized carbons (Fsp3) is 0.700. The van der Waals surface area contributed by atoms with E-state index in [-0.39, 0.29) is 25.1 Å². The van der Waals surface area contributed by atoms with Gasteiger partial charge in [-0.2, -0.15) is 0 Å². The molecule has 29 heavy (non-hydrogen) atoms. The molecule has 0 spiro atoms. The lowest BCUT2D eigenvalue weighted by molar-refractivity contribution is -0.109. The van der Waals surface area contributed by atoms with Crippen molar-refractivity contribution in [3.63, 3.8) is 0 Å². The van der Waals surface area contributed by atoms with E-state index in [1.54, 1.807) is 33.8 Å². The third kappa shape index (κ3) is 564. The Hall–Kier alpha value is -1.78. The van der Waals surface area contributed by atoms with Gasteiger partial charge in [-0.15, -0.1) is 0 Å². The SMILES string of the molecule is C/C=C/C=O.CC(O)CC=O.CC=O.CC=O.CCCCO.CCO.CCO.O. The highest BCUT2D eigenvalue weighted by atomic mass is 16.3. The summed E-state index contributed by atoms with van der Waals surface area (Å²) in [5.74, 6) is 0. The fourth-order valence-corrected chi connectivity index (χ4v) is 0.376. The van der Waals surface area contributed by atoms with Crippen molar-refractivity contribution in [3.8, 4) is 0 Å². The molecule has 0 heterocycles. The standard InChI is InChI=1S/C4H8O2.C4H10O.C4H6O.2C2H6O.2C2H4O.H2O/c1-4(6)2-3-5;2*1-2-3-4-5;4*1-2-3;/h3-4,6H,2H2,1H3;5H,2-4H2,1H3;2-4H,1H3;2*3H,2H2,1H3;2*2H,1H3;1H2/b;;3-2+;;;;;. The average molecular weight is 431 g/mol. The topological polar surface area (TPSA) is 181 Å². The van der Waals surface area contributed by atoms with Crippen LogP contribution in [0, 0.1) is 0 Å². The van der Waals surface area contributed by atoms with E-state index >= 15 is 0 Å². The van der Waals surface area contributed by atoms with Crippen LogP contribution in [0.5, 0.6) is 0 Å². The summed E-state index contributed by atoms with van der Waals surface area (Å²) in [4.78, 5) is 36.4. The maximum absolute atomic E-state index is 9.46. The van der Waals surface area contributed by atoms with Gasteiger partial charge in [0.1, 0.15) is 25.1 Å². The molecule has 1 unspecified atom stereocenters. The van der Waals surface area contributed by atoms with Crippen LogP contribution >= 0.6 is 0 Å². The van der Waals surface area contributed by atoms with Gasteiger partial charge in [0.25, 0.3) is 0 Å². The van der Waals surface area contributed by atoms with Gasteiger partial charge in [-0.3, -0.25) is 4.79 Å². The molecular weight excluding hydrogens is 384 g/mol. The second-order valence-corrected chi connectivity index (χ2v) is 4.09. The van der Waals surface area contributed by atoms with E-state index in [1.807, 2.05) is 0 Å². The molecule has 0 saturated heterocycles. The Bertz CT molecular complexity index is 246. The Labute approximate surface area is 176 Å². The first-order chi connectivity index (χ1) is 13.3. The highest BCUT2D eigenvalue weighted by Gasteiger charge is 1.87. The number of hydrogen-bond acceptors (Lipinski definition) is 8. The van der Waals surface area contributed by atoms with Crippen LogP contribution in [0.4, 0.5) is 0 Å². The van der Waals surface area contributed by atoms with E-state index in [2.05, 4.69) is 6.92 Å². The molecule has 0 rings (SSSR count). The molecule has 9 nitrogen and oxygen atoms in total. The van der Waals surface area contributed by atoms with Gasteiger partial charge in [-0.1, -0.05) is 19.4 Å². The summed E-state index contributed by atoms with van der Waals surface area (Å²) in [6, 6.07) is 0. The minimum atomic E-state index is -0.470. The van der Waals surface area contributed by atoms with Crippen LogP contribution < -0.4 is 0 Å². The molecule has 0 aliphatic rings. The highest BCUT2D eigenvalue weighted by molar-refractivity contribution is 5.64. The van der Waals surface area contributed by atoms with Gasteiger partial charge < -0.3 is 40.3 Å². The molecular formula is C20H46O9. The van der Waals surface area contributed by atoms with Gasteiger partial charge in [0.2, 0.25) is 0 Å². The number of hydrogen-bond donors (Lipinski definition) is 4. The van der Waals surface area contributed by atoms with E-state index in [9.17, 15) is 9.59 Å². The Morgan fingerprint density at radius 3 is 1.14 bits per heavy atom. The number of aliphatic hydroxyl groups is 4. The third-order valence-electron chi connectivity index (χ3n) is 1.22. The van der Waals surface area contributed by atoms with Crippen LogP contribution in [0.2, 0.25) is 0 Å². The predicted octanol–water partition coefficient (Wildman–Crippen LogP) is 1.08. The van der Waals surface area contributed by atoms with Gasteiger partial charge in [0.15, 0.2) is 0 Å². The number of aliphatic hydroxyl groups excluding tert-OH is 4. The van der Waals surface area contributed by atoms with E-state index in [1.165, 1.54) is 19.9 Å². The van der Waals surface area contributed by atoms with Gasteiger partial charge in [0, 0.05) is 26.2 Å². The van der Waals surface area contributed by atoms with E-state index in [0.717, 1.165) is 31.7 Å². The Balaban J connectivity index is -0.0000000300. The minimum Gasteiger partial charge on any atom is -0.412 e. The van der Waals surface area contributed by atoms with Crippen LogP contribution in [0.25, 0.3) is 0 Å². The second-order valence-electron chi connectivity index (χ2n) is 4.09. The molecule has 0 aromatic heterocycles. The van der Waals surface area contributed by atoms with Crippen LogP contribution in [0.15, 0.2) is 12.2 Å². The lowest BCUT2D eigenvalue weighted by Crippen LogP contribution is -1.97. The van der Waals surface area contributed by atoms with Crippen LogP contribution in [0.3, 0.4) is 0 Å². The maximum atomic E-state index is 9.46. The number of unbranched alkanes of at least 4 members (excludes halogenated alkanes) is 1. The predicted molar refractivity (Wildman–Crippen MR) is 118 cm³/mol. The van der Waals surface area contributed by atoms with Crippen LogP contribution in [0.1, 0.15) is 67.7 Å². The molecule has 6 N–H and O–H groups in total. The molecule has 0 saturated carbocycles. The first kappa shape index (κ1) is 50.7. The molecule has 0 aliphatic carbocycles. The zero-order chi connectivity index (χ0) is 24.1. The quantitative estimate of drug-likeness (QED) is 0.369. The van der Waals surface area contributed by atoms with Crippen molar-refractivity contribution in [2.24, 2.45) is 0 Å². The van der Waals surface area contributed by atoms with E-state index in [4.69, 9.17) is 30.0 Å². The molecule has 180 valence electrons. The summed E-state index contributed by atoms with van der Waals surface area (Å²) in [5.41, 5.74) is 0. The monoisotopic (exact) mass is 430 g/mol. The summed E-state index contributed by atoms with van der Waals surface area (Å²) < 4.78 is 0. The van der Waals surface area contributed by atoms with E-state index < -0.39 is 6.10 Å². The average Bonchev–Trinajstić information content (AvgIpc) is 2.60. The Morgan fingerprint density at radius 2 is 1.14 bits per heavy atom. The van der Waals surface area contributed by atoms with Crippen molar-refractivity contribution in [3.05, 3.63) is 12.2 Å². The van der Waals surface area contributed by atoms with E-state index in [0.29, 0.717) is 12.9 Å². The molecule has 9 heteroatoms. The lowest BCUT2D eigenvalue weighted by atomic mass is 10.3. The van der Waals surface area contributed by atoms with Crippen molar-refractivity contribution >= 4 is 25.1 Å². The van der Waals surface area contributed by atoms with Crippen molar-refractivity contribution in [2.75, 3.05) is 19.8 Å². The number of rotatable bonds is 5. The number of carbonyl (C=O) groups is 4. The second kappa shape index (κ2) is 95.4. The maximum Gasteiger partial charge on any atom is 0.142 e. The molecule has 0 radical (unpaired) electrons. The summed E-state index contributed by atoms with van der Waals surface area (Å²) in [6.07, 6.45) is 7.90. The van der Waals surface area contributed by atoms with Crippen molar-refractivity contribution in [2.45, 2.75) is 73.8 Å². The molecule has 0 fully saturated rings. The molecule has 0 aromatic carbocycles. The summed E-state index contributed by atoms with van der Waals surface area (Å²) in [6.45, 7) is 12.5. The van der Waals surface area contributed by atoms with Crippen molar-refractivity contribution in [1.29, 1.82) is 0 Å². The van der Waals surface area contributed by atoms with Crippen molar-refractivity contribution < 1.29 is 45.1 Å². The largest absolute Gasteiger partial charge is 0.412 e. The van der Waals surface area contributed by atoms with Gasteiger partial charge in [0.05, 0.1) is 6.10 Å². The molecule has 0 aromatic rings. The smallest absolute Gasteiger partial charge is 0.142 e. The fourth-order valence-electron chi connectivity index (χ4n) is 0.376. The zero-order valence-corrected chi connectivity index (χ0v) is 19.2. The first-order valence-corrected chi connectivity index (χ1v) is 9.06. The Kier molecular flexibility index (Phi) is 167. The van der Waals surface area contributed by atoms with Gasteiger partial charge in [-0.05, 0) is 54.0 Å². The summed E-state index contributed by atoms with van der Waals surface area (Å²) >= 11 is 0. The van der Waals surface area contributed by atoms with Crippen molar-refractivity contribution in [1.82, 2.24) is 0 Å². The third-order valence-corrected chi connectivity index (χ3v) is 1.22. The van der Waals surface area contributed by atoms with Crippen LogP contribution in [-0.2, 0) is 19.2 Å². The van der Waals surface area contributed by atoms with Gasteiger partial charge in [-0.25, -0.2) is 0 Å². The number of aldehydes is 4. The van der Waals surface area contributed by atoms with Crippen LogP contribution in [-0.4, -0.2) is 77.0 Å². The molecule has 1 atom stereocenters. The molecule has 0 amide bonds. The molecule has 0 bridgehead atoms. The molecule has 0 aliphatic heterocycles. The first-order valence-electron chi connectivity index (χ1n) is 9.06. The Morgan fingerprint density at radius 1 is 0.828 bits per heavy atom. The normalized spacial score (nSPS) is 7.97. The zero-order valence-electron chi connectivity index (χ0n) is 19.2. The lowest BCUT2D eigenvalue weighted by Gasteiger charge is -1.89. The van der Waals surface area contributed by atoms with Gasteiger partial charge >= 0.3 is 0 Å². The number of allylic oxidation sites excluding steroid dienone is 2. The minimum absolute atomic E-state index is 0. The highest BCUT2D eigenvalue weighted by Crippen LogP contribution is 1.80. The summed E-state index contributed by atoms with van der Waals surface area (Å²) in [7, 11) is 0. The number of carbonyl (C=O) groups excluding carboxylic acids is 4.